The molecule has 1 aromatic heterocycles. The summed E-state index contributed by atoms with van der Waals surface area (Å²) in [6.07, 6.45) is 0.897. The molecule has 1 aromatic carbocycles. The molecule has 1 fully saturated rings. The number of carbonyl (C=O) groups excluding carboxylic acids is 3. The Morgan fingerprint density at radius 1 is 1.15 bits per heavy atom. The molecule has 178 valence electrons. The third-order valence-corrected chi connectivity index (χ3v) is 5.19. The molecule has 1 aliphatic rings. The Bertz CT molecular complexity index is 980. The molecule has 0 aliphatic carbocycles. The second-order valence-electron chi connectivity index (χ2n) is 9.10. The molecule has 2 aromatic rings. The Labute approximate surface area is 193 Å². The maximum absolute atomic E-state index is 13.1. The van der Waals surface area contributed by atoms with Crippen LogP contribution in [-0.2, 0) is 9.53 Å². The lowest BCUT2D eigenvalue weighted by Gasteiger charge is -2.31. The Morgan fingerprint density at radius 2 is 1.85 bits per heavy atom. The Hall–Kier alpha value is -3.36. The van der Waals surface area contributed by atoms with Gasteiger partial charge in [-0.1, -0.05) is 18.2 Å². The van der Waals surface area contributed by atoms with Crippen molar-refractivity contribution in [2.45, 2.75) is 46.1 Å². The lowest BCUT2D eigenvalue weighted by molar-refractivity contribution is -0.126. The zero-order valence-electron chi connectivity index (χ0n) is 19.6. The van der Waals surface area contributed by atoms with Gasteiger partial charge in [-0.3, -0.25) is 9.59 Å². The summed E-state index contributed by atoms with van der Waals surface area (Å²) in [5.74, 6) is 0.173. The summed E-state index contributed by atoms with van der Waals surface area (Å²) in [4.78, 5) is 43.4. The number of alkyl carbamates (subject to hydrolysis) is 1. The molecule has 1 unspecified atom stereocenters. The average Bonchev–Trinajstić information content (AvgIpc) is 3.17. The van der Waals surface area contributed by atoms with E-state index in [-0.39, 0.29) is 36.5 Å². The fourth-order valence-corrected chi connectivity index (χ4v) is 3.63. The van der Waals surface area contributed by atoms with Crippen LogP contribution in [0, 0.1) is 12.8 Å². The minimum absolute atomic E-state index is 0.139. The predicted molar refractivity (Wildman–Crippen MR) is 123 cm³/mol. The first-order valence-electron chi connectivity index (χ1n) is 11.2. The number of rotatable bonds is 6. The summed E-state index contributed by atoms with van der Waals surface area (Å²) in [6, 6.07) is 9.41. The molecule has 1 saturated heterocycles. The molecular weight excluding hydrogens is 424 g/mol. The Balaban J connectivity index is 1.52. The first kappa shape index (κ1) is 24.3. The van der Waals surface area contributed by atoms with Gasteiger partial charge in [0.1, 0.15) is 11.4 Å². The molecule has 3 amide bonds. The highest BCUT2D eigenvalue weighted by atomic mass is 16.6. The van der Waals surface area contributed by atoms with Crippen LogP contribution in [0.15, 0.2) is 34.7 Å². The molecule has 1 atom stereocenters. The number of nitrogens with zero attached hydrogens (tertiary/aromatic N) is 2. The number of aromatic nitrogens is 1. The molecule has 0 saturated carbocycles. The standard InChI is InChI=1S/C24H32N4O5/c1-16-19(27-21(32-16)17-9-6-5-7-10-17)22(30)28-14-8-11-18(15-28)20(29)25-12-13-26-23(31)33-24(2,3)4/h5-7,9-10,18H,8,11-15H2,1-4H3,(H,25,29)(H,26,31). The second kappa shape index (κ2) is 10.5. The fraction of sp³-hybridized carbons (Fsp3) is 0.500. The van der Waals surface area contributed by atoms with Gasteiger partial charge in [0.15, 0.2) is 5.69 Å². The smallest absolute Gasteiger partial charge is 0.407 e. The number of hydrogen-bond donors (Lipinski definition) is 2. The van der Waals surface area contributed by atoms with Crippen molar-refractivity contribution in [3.8, 4) is 11.5 Å². The minimum atomic E-state index is -0.574. The number of nitrogens with one attached hydrogen (secondary N) is 2. The van der Waals surface area contributed by atoms with Gasteiger partial charge in [0.25, 0.3) is 5.91 Å². The Morgan fingerprint density at radius 3 is 2.55 bits per heavy atom. The monoisotopic (exact) mass is 456 g/mol. The second-order valence-corrected chi connectivity index (χ2v) is 9.10. The van der Waals surface area contributed by atoms with Crippen molar-refractivity contribution >= 4 is 17.9 Å². The van der Waals surface area contributed by atoms with Crippen LogP contribution in [0.4, 0.5) is 4.79 Å². The molecule has 0 radical (unpaired) electrons. The van der Waals surface area contributed by atoms with Crippen LogP contribution in [0.5, 0.6) is 0 Å². The molecule has 1 aliphatic heterocycles. The van der Waals surface area contributed by atoms with Crippen LogP contribution in [-0.4, -0.2) is 59.6 Å². The molecule has 3 rings (SSSR count). The van der Waals surface area contributed by atoms with E-state index >= 15 is 0 Å². The SMILES string of the molecule is Cc1oc(-c2ccccc2)nc1C(=O)N1CCCC(C(=O)NCCNC(=O)OC(C)(C)C)C1. The number of aryl methyl sites for hydroxylation is 1. The maximum atomic E-state index is 13.1. The van der Waals surface area contributed by atoms with Crippen LogP contribution >= 0.6 is 0 Å². The highest BCUT2D eigenvalue weighted by Crippen LogP contribution is 2.24. The van der Waals surface area contributed by atoms with Gasteiger partial charge >= 0.3 is 6.09 Å². The van der Waals surface area contributed by atoms with E-state index in [1.807, 2.05) is 30.3 Å². The van der Waals surface area contributed by atoms with Gasteiger partial charge in [0.2, 0.25) is 11.8 Å². The highest BCUT2D eigenvalue weighted by molar-refractivity contribution is 5.94. The third kappa shape index (κ3) is 6.81. The number of piperidine rings is 1. The van der Waals surface area contributed by atoms with E-state index < -0.39 is 11.7 Å². The average molecular weight is 457 g/mol. The summed E-state index contributed by atoms with van der Waals surface area (Å²) < 4.78 is 10.9. The number of ether oxygens (including phenoxy) is 1. The first-order chi connectivity index (χ1) is 15.6. The summed E-state index contributed by atoms with van der Waals surface area (Å²) >= 11 is 0. The van der Waals surface area contributed by atoms with E-state index in [1.165, 1.54) is 0 Å². The van der Waals surface area contributed by atoms with E-state index in [4.69, 9.17) is 9.15 Å². The van der Waals surface area contributed by atoms with Gasteiger partial charge in [-0.05, 0) is 52.7 Å². The van der Waals surface area contributed by atoms with E-state index in [2.05, 4.69) is 15.6 Å². The van der Waals surface area contributed by atoms with Crippen LogP contribution in [0.1, 0.15) is 49.9 Å². The highest BCUT2D eigenvalue weighted by Gasteiger charge is 2.31. The summed E-state index contributed by atoms with van der Waals surface area (Å²) in [5, 5.41) is 5.43. The van der Waals surface area contributed by atoms with Crippen molar-refractivity contribution in [2.75, 3.05) is 26.2 Å². The van der Waals surface area contributed by atoms with Crippen molar-refractivity contribution in [1.82, 2.24) is 20.5 Å². The third-order valence-electron chi connectivity index (χ3n) is 5.19. The topological polar surface area (TPSA) is 114 Å². The van der Waals surface area contributed by atoms with Crippen molar-refractivity contribution in [3.05, 3.63) is 41.8 Å². The fourth-order valence-electron chi connectivity index (χ4n) is 3.63. The van der Waals surface area contributed by atoms with Gasteiger partial charge in [0, 0.05) is 31.7 Å². The summed E-state index contributed by atoms with van der Waals surface area (Å²) in [5.41, 5.74) is 0.502. The normalized spacial score (nSPS) is 16.2. The largest absolute Gasteiger partial charge is 0.444 e. The molecule has 2 N–H and O–H groups in total. The summed E-state index contributed by atoms with van der Waals surface area (Å²) in [7, 11) is 0. The van der Waals surface area contributed by atoms with E-state index in [0.29, 0.717) is 31.2 Å². The first-order valence-corrected chi connectivity index (χ1v) is 11.2. The van der Waals surface area contributed by atoms with Crippen LogP contribution < -0.4 is 10.6 Å². The van der Waals surface area contributed by atoms with Crippen molar-refractivity contribution < 1.29 is 23.5 Å². The number of carbonyl (C=O) groups is 3. The van der Waals surface area contributed by atoms with Crippen LogP contribution in [0.2, 0.25) is 0 Å². The quantitative estimate of drug-likeness (QED) is 0.646. The number of likely N-dealkylation sites (tertiary alicyclic amines) is 1. The zero-order valence-corrected chi connectivity index (χ0v) is 19.6. The van der Waals surface area contributed by atoms with E-state index in [1.54, 1.807) is 32.6 Å². The number of hydrogen-bond acceptors (Lipinski definition) is 6. The Kier molecular flexibility index (Phi) is 7.73. The molecule has 0 spiro atoms. The molecule has 2 heterocycles. The van der Waals surface area contributed by atoms with Crippen molar-refractivity contribution in [2.24, 2.45) is 5.92 Å². The minimum Gasteiger partial charge on any atom is -0.444 e. The van der Waals surface area contributed by atoms with Gasteiger partial charge in [-0.25, -0.2) is 9.78 Å². The van der Waals surface area contributed by atoms with Crippen LogP contribution in [0.3, 0.4) is 0 Å². The number of benzene rings is 1. The predicted octanol–water partition coefficient (Wildman–Crippen LogP) is 3.14. The molecule has 9 nitrogen and oxygen atoms in total. The molecular formula is C24H32N4O5. The van der Waals surface area contributed by atoms with Gasteiger partial charge < -0.3 is 24.7 Å². The number of oxazole rings is 1. The maximum Gasteiger partial charge on any atom is 0.407 e. The van der Waals surface area contributed by atoms with Crippen molar-refractivity contribution in [1.29, 1.82) is 0 Å². The molecule has 0 bridgehead atoms. The zero-order chi connectivity index (χ0) is 24.0. The van der Waals surface area contributed by atoms with E-state index in [0.717, 1.165) is 12.0 Å². The van der Waals surface area contributed by atoms with E-state index in [9.17, 15) is 14.4 Å². The lowest BCUT2D eigenvalue weighted by atomic mass is 9.97. The van der Waals surface area contributed by atoms with Gasteiger partial charge in [-0.15, -0.1) is 0 Å². The lowest BCUT2D eigenvalue weighted by Crippen LogP contribution is -2.47. The van der Waals surface area contributed by atoms with Crippen LogP contribution in [0.25, 0.3) is 11.5 Å². The van der Waals surface area contributed by atoms with Gasteiger partial charge in [0.05, 0.1) is 5.92 Å². The molecule has 33 heavy (non-hydrogen) atoms. The van der Waals surface area contributed by atoms with Crippen molar-refractivity contribution in [3.63, 3.8) is 0 Å². The summed E-state index contributed by atoms with van der Waals surface area (Å²) in [6.45, 7) is 8.50. The number of amides is 3. The molecule has 9 heteroatoms. The van der Waals surface area contributed by atoms with Gasteiger partial charge in [-0.2, -0.15) is 0 Å².